The lowest BCUT2D eigenvalue weighted by molar-refractivity contribution is -0.0494. The Kier molecular flexibility index (Phi) is 6.44. The Morgan fingerprint density at radius 3 is 2.54 bits per heavy atom. The van der Waals surface area contributed by atoms with Gasteiger partial charge in [-0.1, -0.05) is 39.3 Å². The maximum Gasteiger partial charge on any atom is 0.387 e. The van der Waals surface area contributed by atoms with Crippen molar-refractivity contribution < 1.29 is 13.5 Å². The molecule has 0 aliphatic heterocycles. The van der Waals surface area contributed by atoms with Crippen LogP contribution in [0.1, 0.15) is 40.3 Å². The molecule has 0 saturated carbocycles. The van der Waals surface area contributed by atoms with Crippen LogP contribution in [0.5, 0.6) is 5.75 Å². The monoisotopic (exact) mass is 386 g/mol. The van der Waals surface area contributed by atoms with Gasteiger partial charge in [-0.2, -0.15) is 13.9 Å². The van der Waals surface area contributed by atoms with Crippen molar-refractivity contribution in [2.24, 2.45) is 5.41 Å². The van der Waals surface area contributed by atoms with Crippen LogP contribution >= 0.6 is 11.6 Å². The van der Waals surface area contributed by atoms with Gasteiger partial charge in [-0.05, 0) is 18.8 Å². The molecule has 0 aliphatic carbocycles. The molecule has 0 fully saturated rings. The van der Waals surface area contributed by atoms with E-state index in [0.29, 0.717) is 47.3 Å². The van der Waals surface area contributed by atoms with E-state index in [1.165, 1.54) is 12.3 Å². The van der Waals surface area contributed by atoms with Crippen molar-refractivity contribution in [1.29, 1.82) is 0 Å². The summed E-state index contributed by atoms with van der Waals surface area (Å²) < 4.78 is 32.4. The standard InChI is InChI=1S/C18H25ClF2N4O/c1-6-12-15(19)16(25(7-2)24-12)11-9-22-14(23-10-18(3,4)5)8-13(11)26-17(20)21/h8-9,17H,6-7,10H2,1-5H3,(H,22,23). The molecular formula is C18H25ClF2N4O. The number of hydrogen-bond acceptors (Lipinski definition) is 4. The minimum atomic E-state index is -2.95. The molecule has 0 unspecified atom stereocenters. The highest BCUT2D eigenvalue weighted by atomic mass is 35.5. The first-order valence-electron chi connectivity index (χ1n) is 8.60. The van der Waals surface area contributed by atoms with Gasteiger partial charge in [0.05, 0.1) is 22.0 Å². The van der Waals surface area contributed by atoms with Crippen LogP contribution in [0.3, 0.4) is 0 Å². The number of aryl methyl sites for hydroxylation is 2. The van der Waals surface area contributed by atoms with Crippen molar-refractivity contribution >= 4 is 17.4 Å². The maximum atomic E-state index is 13.0. The SMILES string of the molecule is CCc1nn(CC)c(-c2cnc(NCC(C)(C)C)cc2OC(F)F)c1Cl. The Balaban J connectivity index is 2.50. The molecule has 0 spiro atoms. The predicted molar refractivity (Wildman–Crippen MR) is 100 cm³/mol. The lowest BCUT2D eigenvalue weighted by atomic mass is 9.97. The van der Waals surface area contributed by atoms with Crippen LogP contribution < -0.4 is 10.1 Å². The van der Waals surface area contributed by atoms with Crippen molar-refractivity contribution in [1.82, 2.24) is 14.8 Å². The molecule has 0 aromatic carbocycles. The third kappa shape index (κ3) is 4.84. The smallest absolute Gasteiger partial charge is 0.387 e. The van der Waals surface area contributed by atoms with Crippen LogP contribution in [-0.2, 0) is 13.0 Å². The molecule has 144 valence electrons. The largest absolute Gasteiger partial charge is 0.434 e. The van der Waals surface area contributed by atoms with E-state index >= 15 is 0 Å². The van der Waals surface area contributed by atoms with E-state index < -0.39 is 6.61 Å². The Bertz CT molecular complexity index is 756. The number of rotatable bonds is 7. The summed E-state index contributed by atoms with van der Waals surface area (Å²) in [6.07, 6.45) is 2.14. The molecule has 5 nitrogen and oxygen atoms in total. The maximum absolute atomic E-state index is 13.0. The van der Waals surface area contributed by atoms with E-state index in [4.69, 9.17) is 16.3 Å². The molecular weight excluding hydrogens is 362 g/mol. The second kappa shape index (κ2) is 8.20. The summed E-state index contributed by atoms with van der Waals surface area (Å²) in [4.78, 5) is 4.34. The third-order valence-corrected chi connectivity index (χ3v) is 4.13. The van der Waals surface area contributed by atoms with Gasteiger partial charge in [0.25, 0.3) is 0 Å². The van der Waals surface area contributed by atoms with Gasteiger partial charge >= 0.3 is 6.61 Å². The summed E-state index contributed by atoms with van der Waals surface area (Å²) in [5.74, 6) is 0.485. The first kappa shape index (κ1) is 20.4. The number of alkyl halides is 2. The Labute approximate surface area is 157 Å². The molecule has 8 heteroatoms. The predicted octanol–water partition coefficient (Wildman–Crippen LogP) is 5.24. The Hall–Kier alpha value is -1.89. The third-order valence-electron chi connectivity index (χ3n) is 3.73. The number of halogens is 3. The van der Waals surface area contributed by atoms with Crippen LogP contribution in [0.15, 0.2) is 12.3 Å². The van der Waals surface area contributed by atoms with E-state index in [0.717, 1.165) is 0 Å². The lowest BCUT2D eigenvalue weighted by Crippen LogP contribution is -2.19. The second-order valence-corrected chi connectivity index (χ2v) is 7.51. The van der Waals surface area contributed by atoms with Crippen LogP contribution in [0.2, 0.25) is 5.02 Å². The van der Waals surface area contributed by atoms with Crippen LogP contribution in [0.25, 0.3) is 11.3 Å². The average Bonchev–Trinajstić information content (AvgIpc) is 2.88. The van der Waals surface area contributed by atoms with Crippen LogP contribution in [0, 0.1) is 5.41 Å². The normalized spacial score (nSPS) is 11.9. The zero-order valence-corrected chi connectivity index (χ0v) is 16.5. The molecule has 2 heterocycles. The zero-order valence-electron chi connectivity index (χ0n) is 15.7. The summed E-state index contributed by atoms with van der Waals surface area (Å²) >= 11 is 6.44. The van der Waals surface area contributed by atoms with Crippen LogP contribution in [-0.4, -0.2) is 27.9 Å². The average molecular weight is 387 g/mol. The van der Waals surface area contributed by atoms with Gasteiger partial charge in [-0.15, -0.1) is 0 Å². The first-order valence-corrected chi connectivity index (χ1v) is 8.98. The van der Waals surface area contributed by atoms with E-state index in [1.807, 2.05) is 13.8 Å². The second-order valence-electron chi connectivity index (χ2n) is 7.14. The molecule has 0 radical (unpaired) electrons. The molecule has 2 aromatic heterocycles. The lowest BCUT2D eigenvalue weighted by Gasteiger charge is -2.20. The minimum absolute atomic E-state index is 0.0181. The van der Waals surface area contributed by atoms with Gasteiger partial charge in [0.15, 0.2) is 0 Å². The number of pyridine rings is 1. The van der Waals surface area contributed by atoms with Gasteiger partial charge in [-0.25, -0.2) is 4.98 Å². The fraction of sp³-hybridized carbons (Fsp3) is 0.556. The summed E-state index contributed by atoms with van der Waals surface area (Å²) in [6, 6.07) is 1.47. The Morgan fingerprint density at radius 1 is 1.31 bits per heavy atom. The van der Waals surface area contributed by atoms with Crippen LogP contribution in [0.4, 0.5) is 14.6 Å². The number of anilines is 1. The fourth-order valence-corrected chi connectivity index (χ4v) is 2.83. The van der Waals surface area contributed by atoms with E-state index in [1.54, 1.807) is 4.68 Å². The number of hydrogen-bond donors (Lipinski definition) is 1. The Morgan fingerprint density at radius 2 is 2.00 bits per heavy atom. The zero-order chi connectivity index (χ0) is 19.5. The number of nitrogens with one attached hydrogen (secondary N) is 1. The number of nitrogens with zero attached hydrogens (tertiary/aromatic N) is 3. The van der Waals surface area contributed by atoms with E-state index in [9.17, 15) is 8.78 Å². The summed E-state index contributed by atoms with van der Waals surface area (Å²) in [5.41, 5.74) is 1.66. The van der Waals surface area contributed by atoms with Crippen molar-refractivity contribution in [3.05, 3.63) is 23.0 Å². The highest BCUT2D eigenvalue weighted by Gasteiger charge is 2.22. The molecule has 26 heavy (non-hydrogen) atoms. The minimum Gasteiger partial charge on any atom is -0.434 e. The molecule has 0 atom stereocenters. The number of aromatic nitrogens is 3. The molecule has 0 bridgehead atoms. The molecule has 0 amide bonds. The van der Waals surface area contributed by atoms with Gasteiger partial charge < -0.3 is 10.1 Å². The van der Waals surface area contributed by atoms with E-state index in [-0.39, 0.29) is 11.2 Å². The summed E-state index contributed by atoms with van der Waals surface area (Å²) in [7, 11) is 0. The highest BCUT2D eigenvalue weighted by molar-refractivity contribution is 6.33. The van der Waals surface area contributed by atoms with Crippen molar-refractivity contribution in [2.45, 2.75) is 54.2 Å². The van der Waals surface area contributed by atoms with Gasteiger partial charge in [0.2, 0.25) is 0 Å². The summed E-state index contributed by atoms with van der Waals surface area (Å²) in [5, 5.41) is 8.01. The molecule has 1 N–H and O–H groups in total. The molecule has 0 aliphatic rings. The molecule has 2 aromatic rings. The van der Waals surface area contributed by atoms with Gasteiger partial charge in [0, 0.05) is 25.4 Å². The first-order chi connectivity index (χ1) is 12.2. The molecule has 2 rings (SSSR count). The topological polar surface area (TPSA) is 52.0 Å². The quantitative estimate of drug-likeness (QED) is 0.706. The van der Waals surface area contributed by atoms with Gasteiger partial charge in [-0.3, -0.25) is 4.68 Å². The van der Waals surface area contributed by atoms with Crippen molar-refractivity contribution in [3.63, 3.8) is 0 Å². The van der Waals surface area contributed by atoms with Crippen molar-refractivity contribution in [3.8, 4) is 17.0 Å². The fourth-order valence-electron chi connectivity index (χ4n) is 2.46. The van der Waals surface area contributed by atoms with Gasteiger partial charge in [0.1, 0.15) is 11.6 Å². The highest BCUT2D eigenvalue weighted by Crippen LogP contribution is 2.38. The summed E-state index contributed by atoms with van der Waals surface area (Å²) in [6.45, 7) is 8.28. The van der Waals surface area contributed by atoms with E-state index in [2.05, 4.69) is 36.2 Å². The number of ether oxygens (including phenoxy) is 1. The molecule has 0 saturated heterocycles. The van der Waals surface area contributed by atoms with Crippen molar-refractivity contribution in [2.75, 3.05) is 11.9 Å².